The van der Waals surface area contributed by atoms with Crippen molar-refractivity contribution >= 4 is 12.0 Å². The third-order valence-corrected chi connectivity index (χ3v) is 10.6. The fourth-order valence-corrected chi connectivity index (χ4v) is 8.15. The molecule has 253 valence electrons. The van der Waals surface area contributed by atoms with Crippen LogP contribution in [-0.4, -0.2) is 64.4 Å². The van der Waals surface area contributed by atoms with Gasteiger partial charge in [-0.15, -0.1) is 0 Å². The molecule has 5 atom stereocenters. The second kappa shape index (κ2) is 13.1. The first-order valence-electron chi connectivity index (χ1n) is 15.8. The fraction of sp³-hybridized carbons (Fsp3) is 0.389. The number of nitriles is 1. The van der Waals surface area contributed by atoms with Gasteiger partial charge in [0.25, 0.3) is 0 Å². The Balaban J connectivity index is 0.00000417. The number of halogens is 3. The zero-order valence-corrected chi connectivity index (χ0v) is 32.2. The standard InChI is InChI=1S/C36H35F3N4O5.Ac/c1-17-10-21-12-24-26(14-40)43-25(31(42(24)4)29(21)33(46)18(17)2)13-23-30(35-34(47-16-48-35)19(3)32(23)45)27(43)15-41-28(44)9-8-20-6-5-7-22(11-20)36(37,38)39;/h5-11,24-27,31,45-46H,12-13,15-16H2,1-4H3,(H,41,44);/b9-8+;/t24-,25?,26+,27+,31?;/m1./s1. The summed E-state index contributed by atoms with van der Waals surface area (Å²) in [5.74, 6) is 0.582. The van der Waals surface area contributed by atoms with E-state index in [4.69, 9.17) is 9.47 Å². The molecule has 2 unspecified atom stereocenters. The first-order chi connectivity index (χ1) is 22.8. The van der Waals surface area contributed by atoms with E-state index in [1.165, 1.54) is 24.3 Å². The zero-order valence-electron chi connectivity index (χ0n) is 27.4. The Morgan fingerprint density at radius 3 is 2.51 bits per heavy atom. The number of rotatable bonds is 4. The van der Waals surface area contributed by atoms with Crippen LogP contribution in [0.15, 0.2) is 36.4 Å². The van der Waals surface area contributed by atoms with Gasteiger partial charge in [0.2, 0.25) is 12.7 Å². The molecular weight excluding hydrogens is 852 g/mol. The zero-order chi connectivity index (χ0) is 34.2. The number of aryl methyl sites for hydroxylation is 1. The Morgan fingerprint density at radius 2 is 1.80 bits per heavy atom. The molecule has 49 heavy (non-hydrogen) atoms. The molecule has 4 aliphatic heterocycles. The van der Waals surface area contributed by atoms with Gasteiger partial charge in [0, 0.05) is 91.0 Å². The summed E-state index contributed by atoms with van der Waals surface area (Å²) in [7, 11) is 1.96. The third kappa shape index (κ3) is 5.79. The Morgan fingerprint density at radius 1 is 1.06 bits per heavy atom. The number of phenols is 2. The monoisotopic (exact) mass is 887 g/mol. The number of alkyl halides is 3. The number of nitrogens with zero attached hydrogens (tertiary/aromatic N) is 3. The Kier molecular flexibility index (Phi) is 9.51. The summed E-state index contributed by atoms with van der Waals surface area (Å²) in [6, 6.07) is 7.07. The first-order valence-corrected chi connectivity index (χ1v) is 15.8. The van der Waals surface area contributed by atoms with Gasteiger partial charge in [-0.2, -0.15) is 18.4 Å². The predicted octanol–water partition coefficient (Wildman–Crippen LogP) is 5.37. The van der Waals surface area contributed by atoms with Crippen molar-refractivity contribution in [1.29, 1.82) is 5.26 Å². The molecule has 7 rings (SSSR count). The van der Waals surface area contributed by atoms with Gasteiger partial charge in [-0.3, -0.25) is 14.6 Å². The molecule has 2 bridgehead atoms. The van der Waals surface area contributed by atoms with Crippen LogP contribution in [0, 0.1) is 76.2 Å². The van der Waals surface area contributed by atoms with Gasteiger partial charge in [-0.25, -0.2) is 0 Å². The number of amides is 1. The number of hydrogen-bond donors (Lipinski definition) is 3. The number of piperazine rings is 1. The maximum Gasteiger partial charge on any atom is 0.416 e. The quantitative estimate of drug-likeness (QED) is 0.300. The molecule has 3 aromatic rings. The molecule has 0 aliphatic carbocycles. The Hall–Kier alpha value is -3.29. The number of benzene rings is 3. The average molecular weight is 888 g/mol. The van der Waals surface area contributed by atoms with E-state index in [1.54, 1.807) is 6.92 Å². The molecule has 9 nitrogen and oxygen atoms in total. The number of phenolic OH excluding ortho intramolecular Hbond substituents is 2. The smallest absolute Gasteiger partial charge is 0.416 e. The van der Waals surface area contributed by atoms with Crippen LogP contribution >= 0.6 is 0 Å². The van der Waals surface area contributed by atoms with E-state index in [2.05, 4.69) is 27.3 Å². The number of nitrogens with one attached hydrogen (secondary N) is 1. The van der Waals surface area contributed by atoms with Crippen molar-refractivity contribution in [3.05, 3.63) is 86.5 Å². The van der Waals surface area contributed by atoms with Crippen LogP contribution < -0.4 is 14.8 Å². The molecule has 4 heterocycles. The van der Waals surface area contributed by atoms with Gasteiger partial charge < -0.3 is 25.0 Å². The minimum absolute atomic E-state index is 0. The number of likely N-dealkylation sites (N-methyl/N-ethyl adjacent to an activating group) is 1. The predicted molar refractivity (Wildman–Crippen MR) is 170 cm³/mol. The van der Waals surface area contributed by atoms with Crippen LogP contribution in [0.2, 0.25) is 0 Å². The normalized spacial score (nSPS) is 24.0. The van der Waals surface area contributed by atoms with Crippen LogP contribution in [0.1, 0.15) is 62.2 Å². The summed E-state index contributed by atoms with van der Waals surface area (Å²) < 4.78 is 51.4. The van der Waals surface area contributed by atoms with Crippen LogP contribution in [0.5, 0.6) is 23.0 Å². The van der Waals surface area contributed by atoms with E-state index in [1.807, 2.05) is 20.9 Å². The molecule has 1 fully saturated rings. The van der Waals surface area contributed by atoms with Crippen molar-refractivity contribution in [2.75, 3.05) is 20.4 Å². The average Bonchev–Trinajstić information content (AvgIpc) is 3.54. The second-order valence-electron chi connectivity index (χ2n) is 13.1. The second-order valence-corrected chi connectivity index (χ2v) is 13.1. The van der Waals surface area contributed by atoms with Gasteiger partial charge >= 0.3 is 6.18 Å². The maximum atomic E-state index is 13.2. The fourth-order valence-electron chi connectivity index (χ4n) is 8.15. The van der Waals surface area contributed by atoms with Crippen molar-refractivity contribution in [1.82, 2.24) is 15.1 Å². The summed E-state index contributed by atoms with van der Waals surface area (Å²) in [6.45, 7) is 5.54. The van der Waals surface area contributed by atoms with E-state index in [0.717, 1.165) is 34.4 Å². The molecule has 0 saturated carbocycles. The molecule has 3 aromatic carbocycles. The molecule has 1 saturated heterocycles. The molecular formula is C36H35AcF3N4O5. The summed E-state index contributed by atoms with van der Waals surface area (Å²) in [4.78, 5) is 17.4. The Labute approximate surface area is 317 Å². The summed E-state index contributed by atoms with van der Waals surface area (Å²) in [5, 5.41) is 36.7. The molecule has 1 radical (unpaired) electrons. The first kappa shape index (κ1) is 35.5. The minimum atomic E-state index is -4.51. The third-order valence-electron chi connectivity index (χ3n) is 10.6. The van der Waals surface area contributed by atoms with Gasteiger partial charge in [-0.05, 0) is 81.1 Å². The van der Waals surface area contributed by atoms with Crippen molar-refractivity contribution < 1.29 is 81.7 Å². The van der Waals surface area contributed by atoms with E-state index >= 15 is 0 Å². The van der Waals surface area contributed by atoms with Gasteiger partial charge in [0.05, 0.1) is 23.7 Å². The molecule has 1 amide bonds. The summed E-state index contributed by atoms with van der Waals surface area (Å²) in [6.07, 6.45) is -1.16. The van der Waals surface area contributed by atoms with E-state index in [0.29, 0.717) is 41.0 Å². The van der Waals surface area contributed by atoms with Crippen LogP contribution in [-0.2, 0) is 23.8 Å². The van der Waals surface area contributed by atoms with Gasteiger partial charge in [0.15, 0.2) is 11.5 Å². The summed E-state index contributed by atoms with van der Waals surface area (Å²) in [5.41, 5.74) is 4.71. The van der Waals surface area contributed by atoms with Gasteiger partial charge in [-0.1, -0.05) is 18.2 Å². The molecule has 13 heteroatoms. The molecule has 4 aliphatic rings. The van der Waals surface area contributed by atoms with E-state index in [9.17, 15) is 33.4 Å². The maximum absolute atomic E-state index is 13.2. The number of carbonyl (C=O) groups is 1. The molecule has 0 aromatic heterocycles. The SMILES string of the molecule is Cc1cc2c(c(O)c1C)C1C3Cc4c(O)c(C)c5c(c4[C@H](CNC(=O)/C=C/c4cccc(C(F)(F)F)c4)N3[C@@H](C#N)[C@@H](C2)N1C)OCO5.[Ac]. The summed E-state index contributed by atoms with van der Waals surface area (Å²) >= 11 is 0. The number of ether oxygens (including phenoxy) is 2. The van der Waals surface area contributed by atoms with E-state index < -0.39 is 29.7 Å². The van der Waals surface area contributed by atoms with Crippen LogP contribution in [0.3, 0.4) is 0 Å². The number of carbonyl (C=O) groups excluding carboxylic acids is 1. The van der Waals surface area contributed by atoms with Crippen molar-refractivity contribution in [2.24, 2.45) is 0 Å². The van der Waals surface area contributed by atoms with Crippen molar-refractivity contribution in [3.8, 4) is 29.1 Å². The number of hydrogen-bond acceptors (Lipinski definition) is 8. The topological polar surface area (TPSA) is 118 Å². The largest absolute Gasteiger partial charge is 0.507 e. The number of fused-ring (bicyclic) bond motifs is 9. The van der Waals surface area contributed by atoms with Gasteiger partial charge in [0.1, 0.15) is 17.5 Å². The number of aromatic hydroxyl groups is 2. The van der Waals surface area contributed by atoms with Crippen molar-refractivity contribution in [3.63, 3.8) is 0 Å². The van der Waals surface area contributed by atoms with E-state index in [-0.39, 0.29) is 92.6 Å². The van der Waals surface area contributed by atoms with Crippen LogP contribution in [0.25, 0.3) is 6.08 Å². The molecule has 3 N–H and O–H groups in total. The molecule has 0 spiro atoms. The minimum Gasteiger partial charge on any atom is -0.507 e. The van der Waals surface area contributed by atoms with Crippen LogP contribution in [0.4, 0.5) is 13.2 Å². The van der Waals surface area contributed by atoms with Crippen molar-refractivity contribution in [2.45, 2.75) is 70.0 Å². The Bertz CT molecular complexity index is 1930.